The smallest absolute Gasteiger partial charge is 0.257 e. The van der Waals surface area contributed by atoms with E-state index in [0.29, 0.717) is 11.3 Å². The van der Waals surface area contributed by atoms with Crippen LogP contribution in [0.5, 0.6) is 0 Å². The van der Waals surface area contributed by atoms with Gasteiger partial charge in [0.05, 0.1) is 10.6 Å². The number of pyridine rings is 1. The van der Waals surface area contributed by atoms with Crippen molar-refractivity contribution in [2.24, 2.45) is 0 Å². The second kappa shape index (κ2) is 6.11. The molecular weight excluding hydrogens is 297 g/mol. The number of carbonyl (C=O) groups is 1. The summed E-state index contributed by atoms with van der Waals surface area (Å²) >= 11 is 11.7. The number of anilines is 2. The first kappa shape index (κ1) is 14.6. The van der Waals surface area contributed by atoms with E-state index in [4.69, 9.17) is 23.2 Å². The fraction of sp³-hybridized carbons (Fsp3) is 0.143. The maximum atomic E-state index is 12.1. The molecule has 0 radical (unpaired) electrons. The number of rotatable bonds is 3. The minimum atomic E-state index is -0.322. The van der Waals surface area contributed by atoms with E-state index < -0.39 is 0 Å². The molecule has 1 heterocycles. The highest BCUT2D eigenvalue weighted by molar-refractivity contribution is 6.35. The van der Waals surface area contributed by atoms with Gasteiger partial charge in [-0.2, -0.15) is 0 Å². The maximum absolute atomic E-state index is 12.1. The van der Waals surface area contributed by atoms with E-state index in [1.807, 2.05) is 43.3 Å². The van der Waals surface area contributed by atoms with Crippen LogP contribution >= 0.6 is 23.2 Å². The van der Waals surface area contributed by atoms with Crippen LogP contribution in [0.15, 0.2) is 36.5 Å². The summed E-state index contributed by atoms with van der Waals surface area (Å²) in [7, 11) is 3.90. The number of aromatic nitrogens is 1. The maximum Gasteiger partial charge on any atom is 0.257 e. The second-order valence-electron chi connectivity index (χ2n) is 4.38. The summed E-state index contributed by atoms with van der Waals surface area (Å²) in [4.78, 5) is 17.9. The molecular formula is C14H13Cl2N3O. The number of hydrogen-bond donors (Lipinski definition) is 1. The number of benzene rings is 1. The van der Waals surface area contributed by atoms with E-state index in [0.717, 1.165) is 5.69 Å². The van der Waals surface area contributed by atoms with Crippen molar-refractivity contribution >= 4 is 40.5 Å². The van der Waals surface area contributed by atoms with Crippen LogP contribution in [-0.2, 0) is 0 Å². The minimum absolute atomic E-state index is 0.225. The summed E-state index contributed by atoms with van der Waals surface area (Å²) in [5, 5.41) is 3.25. The summed E-state index contributed by atoms with van der Waals surface area (Å²) in [5.74, 6) is -0.322. The van der Waals surface area contributed by atoms with Gasteiger partial charge in [0, 0.05) is 31.7 Å². The van der Waals surface area contributed by atoms with Crippen molar-refractivity contribution in [3.63, 3.8) is 0 Å². The number of halogens is 2. The third-order valence-corrected chi connectivity index (χ3v) is 3.22. The van der Waals surface area contributed by atoms with Gasteiger partial charge < -0.3 is 10.2 Å². The molecule has 1 aromatic carbocycles. The lowest BCUT2D eigenvalue weighted by Gasteiger charge is -2.13. The van der Waals surface area contributed by atoms with Crippen LogP contribution in [0.25, 0.3) is 0 Å². The van der Waals surface area contributed by atoms with Crippen LogP contribution in [0.1, 0.15) is 10.4 Å². The highest BCUT2D eigenvalue weighted by Crippen LogP contribution is 2.21. The van der Waals surface area contributed by atoms with Crippen molar-refractivity contribution in [1.29, 1.82) is 0 Å². The Bertz CT molecular complexity index is 627. The average molecular weight is 310 g/mol. The van der Waals surface area contributed by atoms with Gasteiger partial charge in [0.2, 0.25) is 0 Å². The molecule has 20 heavy (non-hydrogen) atoms. The molecule has 0 fully saturated rings. The largest absolute Gasteiger partial charge is 0.378 e. The molecule has 0 aliphatic heterocycles. The molecule has 2 aromatic rings. The molecule has 1 aromatic heterocycles. The molecule has 104 valence electrons. The Balaban J connectivity index is 2.17. The molecule has 6 heteroatoms. The van der Waals surface area contributed by atoms with Gasteiger partial charge in [0.1, 0.15) is 5.15 Å². The fourth-order valence-corrected chi connectivity index (χ4v) is 1.98. The molecule has 0 aliphatic carbocycles. The molecule has 0 saturated heterocycles. The molecule has 1 N–H and O–H groups in total. The van der Waals surface area contributed by atoms with Gasteiger partial charge in [-0.25, -0.2) is 4.98 Å². The van der Waals surface area contributed by atoms with Crippen molar-refractivity contribution in [3.8, 4) is 0 Å². The number of amides is 1. The van der Waals surface area contributed by atoms with Gasteiger partial charge in [-0.05, 0) is 30.3 Å². The normalized spacial score (nSPS) is 10.2. The standard InChI is InChI=1S/C14H13Cl2N3O/c1-19(2)10-5-3-9(4-6-10)18-14(20)11-7-13(16)17-8-12(11)15/h3-8H,1-2H3,(H,18,20). The van der Waals surface area contributed by atoms with E-state index in [9.17, 15) is 4.79 Å². The van der Waals surface area contributed by atoms with Crippen LogP contribution in [0.3, 0.4) is 0 Å². The van der Waals surface area contributed by atoms with Crippen molar-refractivity contribution in [1.82, 2.24) is 4.98 Å². The fourth-order valence-electron chi connectivity index (χ4n) is 1.63. The zero-order valence-corrected chi connectivity index (χ0v) is 12.5. The second-order valence-corrected chi connectivity index (χ2v) is 5.18. The predicted molar refractivity (Wildman–Crippen MR) is 83.0 cm³/mol. The topological polar surface area (TPSA) is 45.2 Å². The summed E-state index contributed by atoms with van der Waals surface area (Å²) in [5.41, 5.74) is 2.03. The van der Waals surface area contributed by atoms with Crippen molar-refractivity contribution in [2.45, 2.75) is 0 Å². The minimum Gasteiger partial charge on any atom is -0.378 e. The van der Waals surface area contributed by atoms with Gasteiger partial charge in [-0.1, -0.05) is 23.2 Å². The van der Waals surface area contributed by atoms with Crippen LogP contribution in [0.4, 0.5) is 11.4 Å². The monoisotopic (exact) mass is 309 g/mol. The Morgan fingerprint density at radius 2 is 1.85 bits per heavy atom. The van der Waals surface area contributed by atoms with E-state index in [1.54, 1.807) is 0 Å². The average Bonchev–Trinajstić information content (AvgIpc) is 2.42. The Kier molecular flexibility index (Phi) is 4.47. The van der Waals surface area contributed by atoms with Crippen molar-refractivity contribution in [3.05, 3.63) is 52.3 Å². The lowest BCUT2D eigenvalue weighted by Crippen LogP contribution is -2.13. The summed E-state index contributed by atoms with van der Waals surface area (Å²) < 4.78 is 0. The molecule has 4 nitrogen and oxygen atoms in total. The first-order chi connectivity index (χ1) is 9.47. The molecule has 2 rings (SSSR count). The molecule has 1 amide bonds. The first-order valence-electron chi connectivity index (χ1n) is 5.87. The number of nitrogens with zero attached hydrogens (tertiary/aromatic N) is 2. The molecule has 0 saturated carbocycles. The Morgan fingerprint density at radius 1 is 1.20 bits per heavy atom. The Morgan fingerprint density at radius 3 is 2.45 bits per heavy atom. The number of nitrogens with one attached hydrogen (secondary N) is 1. The number of carbonyl (C=O) groups excluding carboxylic acids is 1. The van der Waals surface area contributed by atoms with Crippen LogP contribution in [-0.4, -0.2) is 25.0 Å². The SMILES string of the molecule is CN(C)c1ccc(NC(=O)c2cc(Cl)ncc2Cl)cc1. The van der Waals surface area contributed by atoms with Gasteiger partial charge >= 0.3 is 0 Å². The van der Waals surface area contributed by atoms with Crippen LogP contribution < -0.4 is 10.2 Å². The van der Waals surface area contributed by atoms with Crippen LogP contribution in [0.2, 0.25) is 10.2 Å². The van der Waals surface area contributed by atoms with E-state index in [-0.39, 0.29) is 16.1 Å². The first-order valence-corrected chi connectivity index (χ1v) is 6.63. The highest BCUT2D eigenvalue weighted by Gasteiger charge is 2.12. The van der Waals surface area contributed by atoms with Crippen molar-refractivity contribution in [2.75, 3.05) is 24.3 Å². The third kappa shape index (κ3) is 3.40. The molecule has 0 spiro atoms. The summed E-state index contributed by atoms with van der Waals surface area (Å²) in [6.07, 6.45) is 1.36. The van der Waals surface area contributed by atoms with E-state index >= 15 is 0 Å². The molecule has 0 aliphatic rings. The lowest BCUT2D eigenvalue weighted by molar-refractivity contribution is 0.102. The molecule has 0 atom stereocenters. The van der Waals surface area contributed by atoms with Gasteiger partial charge in [-0.3, -0.25) is 4.79 Å². The van der Waals surface area contributed by atoms with Crippen molar-refractivity contribution < 1.29 is 4.79 Å². The summed E-state index contributed by atoms with van der Waals surface area (Å²) in [6, 6.07) is 8.91. The zero-order chi connectivity index (χ0) is 14.7. The zero-order valence-electron chi connectivity index (χ0n) is 11.0. The summed E-state index contributed by atoms with van der Waals surface area (Å²) in [6.45, 7) is 0. The van der Waals surface area contributed by atoms with E-state index in [1.165, 1.54) is 12.3 Å². The van der Waals surface area contributed by atoms with Gasteiger partial charge in [0.25, 0.3) is 5.91 Å². The molecule has 0 bridgehead atoms. The van der Waals surface area contributed by atoms with Gasteiger partial charge in [-0.15, -0.1) is 0 Å². The molecule has 0 unspecified atom stereocenters. The quantitative estimate of drug-likeness (QED) is 0.879. The number of hydrogen-bond acceptors (Lipinski definition) is 3. The third-order valence-electron chi connectivity index (χ3n) is 2.71. The van der Waals surface area contributed by atoms with Crippen LogP contribution in [0, 0.1) is 0 Å². The van der Waals surface area contributed by atoms with Gasteiger partial charge in [0.15, 0.2) is 0 Å². The van der Waals surface area contributed by atoms with E-state index in [2.05, 4.69) is 10.3 Å². The Labute approximate surface area is 127 Å². The highest BCUT2D eigenvalue weighted by atomic mass is 35.5. The predicted octanol–water partition coefficient (Wildman–Crippen LogP) is 3.71. The Hall–Kier alpha value is -1.78. The lowest BCUT2D eigenvalue weighted by atomic mass is 10.2.